The van der Waals surface area contributed by atoms with Gasteiger partial charge in [-0.2, -0.15) is 0 Å². The maximum absolute atomic E-state index is 4.75. The molecule has 0 fully saturated rings. The van der Waals surface area contributed by atoms with E-state index in [1.54, 1.807) is 24.8 Å². The fraction of sp³-hybridized carbons (Fsp3) is 0. The average Bonchev–Trinajstić information content (AvgIpc) is 2.85. The summed E-state index contributed by atoms with van der Waals surface area (Å²) < 4.78 is 0. The van der Waals surface area contributed by atoms with E-state index in [4.69, 9.17) is 15.0 Å². The van der Waals surface area contributed by atoms with Gasteiger partial charge in [0.05, 0.1) is 0 Å². The summed E-state index contributed by atoms with van der Waals surface area (Å²) in [6.07, 6.45) is 7.09. The zero-order valence-electron chi connectivity index (χ0n) is 16.1. The molecule has 30 heavy (non-hydrogen) atoms. The molecule has 5 rings (SSSR count). The first-order valence-corrected chi connectivity index (χ1v) is 9.59. The highest BCUT2D eigenvalue weighted by Gasteiger charge is 2.12. The lowest BCUT2D eigenvalue weighted by Crippen LogP contribution is -2.00. The van der Waals surface area contributed by atoms with Crippen molar-refractivity contribution in [2.75, 3.05) is 0 Å². The van der Waals surface area contributed by atoms with Crippen LogP contribution < -0.4 is 0 Å². The second-order valence-corrected chi connectivity index (χ2v) is 6.73. The van der Waals surface area contributed by atoms with Crippen molar-refractivity contribution in [1.29, 1.82) is 0 Å². The van der Waals surface area contributed by atoms with Crippen LogP contribution in [0.1, 0.15) is 0 Å². The Bertz CT molecular complexity index is 1200. The molecule has 0 bridgehead atoms. The largest absolute Gasteiger partial charge is 0.265 e. The fourth-order valence-electron chi connectivity index (χ4n) is 3.20. The molecule has 3 aromatic heterocycles. The quantitative estimate of drug-likeness (QED) is 0.417. The van der Waals surface area contributed by atoms with Crippen molar-refractivity contribution in [2.24, 2.45) is 0 Å². The Hall–Kier alpha value is -4.25. The van der Waals surface area contributed by atoms with Gasteiger partial charge in [-0.05, 0) is 35.4 Å². The predicted octanol–water partition coefficient (Wildman–Crippen LogP) is 5.33. The molecule has 0 aliphatic heterocycles. The molecule has 0 spiro atoms. The third-order valence-electron chi connectivity index (χ3n) is 4.74. The van der Waals surface area contributed by atoms with E-state index in [9.17, 15) is 0 Å². The number of aromatic nitrogens is 5. The van der Waals surface area contributed by atoms with Gasteiger partial charge in [-0.3, -0.25) is 9.97 Å². The van der Waals surface area contributed by atoms with E-state index in [1.165, 1.54) is 0 Å². The summed E-state index contributed by atoms with van der Waals surface area (Å²) in [4.78, 5) is 22.5. The van der Waals surface area contributed by atoms with E-state index in [0.29, 0.717) is 17.5 Å². The summed E-state index contributed by atoms with van der Waals surface area (Å²) in [5.41, 5.74) is 4.96. The molecule has 0 saturated heterocycles. The highest BCUT2D eigenvalue weighted by molar-refractivity contribution is 5.70. The Kier molecular flexibility index (Phi) is 4.76. The Morgan fingerprint density at radius 2 is 0.900 bits per heavy atom. The van der Waals surface area contributed by atoms with E-state index >= 15 is 0 Å². The topological polar surface area (TPSA) is 64.5 Å². The van der Waals surface area contributed by atoms with Crippen LogP contribution in [-0.2, 0) is 0 Å². The number of hydrogen-bond donors (Lipinski definition) is 0. The standard InChI is InChI=1S/C25H17N5/c1-2-5-20(6-3-1)23-28-24(30-25(29-23)22-7-4-14-27-17-22)21-10-8-18(9-11-21)19-12-15-26-16-13-19/h1-17H. The highest BCUT2D eigenvalue weighted by atomic mass is 15.0. The number of nitrogens with zero attached hydrogens (tertiary/aromatic N) is 5. The van der Waals surface area contributed by atoms with Crippen LogP contribution in [0.15, 0.2) is 104 Å². The maximum atomic E-state index is 4.75. The minimum absolute atomic E-state index is 0.602. The van der Waals surface area contributed by atoms with Gasteiger partial charge in [0.15, 0.2) is 17.5 Å². The Labute approximate surface area is 174 Å². The molecule has 2 aromatic carbocycles. The lowest BCUT2D eigenvalue weighted by Gasteiger charge is -2.09. The molecule has 3 heterocycles. The van der Waals surface area contributed by atoms with Gasteiger partial charge < -0.3 is 0 Å². The van der Waals surface area contributed by atoms with Crippen molar-refractivity contribution in [1.82, 2.24) is 24.9 Å². The second kappa shape index (κ2) is 8.01. The van der Waals surface area contributed by atoms with Gasteiger partial charge in [-0.15, -0.1) is 0 Å². The summed E-state index contributed by atoms with van der Waals surface area (Å²) in [6.45, 7) is 0. The molecule has 5 nitrogen and oxygen atoms in total. The van der Waals surface area contributed by atoms with E-state index in [1.807, 2.05) is 66.7 Å². The summed E-state index contributed by atoms with van der Waals surface area (Å²) in [7, 11) is 0. The number of benzene rings is 2. The van der Waals surface area contributed by atoms with Gasteiger partial charge in [0, 0.05) is 41.5 Å². The molecule has 0 amide bonds. The third-order valence-corrected chi connectivity index (χ3v) is 4.74. The number of pyridine rings is 2. The van der Waals surface area contributed by atoms with Crippen molar-refractivity contribution in [2.45, 2.75) is 0 Å². The van der Waals surface area contributed by atoms with Crippen LogP contribution in [0.4, 0.5) is 0 Å². The van der Waals surface area contributed by atoms with Gasteiger partial charge in [0.2, 0.25) is 0 Å². The molecule has 5 heteroatoms. The molecule has 0 aliphatic carbocycles. The van der Waals surface area contributed by atoms with E-state index in [0.717, 1.165) is 27.8 Å². The van der Waals surface area contributed by atoms with Crippen LogP contribution in [0.5, 0.6) is 0 Å². The van der Waals surface area contributed by atoms with E-state index in [-0.39, 0.29) is 0 Å². The summed E-state index contributed by atoms with van der Waals surface area (Å²) in [6, 6.07) is 26.0. The highest BCUT2D eigenvalue weighted by Crippen LogP contribution is 2.26. The van der Waals surface area contributed by atoms with Crippen molar-refractivity contribution >= 4 is 0 Å². The van der Waals surface area contributed by atoms with Crippen molar-refractivity contribution < 1.29 is 0 Å². The van der Waals surface area contributed by atoms with Crippen molar-refractivity contribution in [3.63, 3.8) is 0 Å². The molecular formula is C25H17N5. The smallest absolute Gasteiger partial charge is 0.165 e. The van der Waals surface area contributed by atoms with Crippen LogP contribution in [0, 0.1) is 0 Å². The minimum atomic E-state index is 0.602. The second-order valence-electron chi connectivity index (χ2n) is 6.73. The lowest BCUT2D eigenvalue weighted by atomic mass is 10.0. The van der Waals surface area contributed by atoms with Crippen molar-refractivity contribution in [3.05, 3.63) is 104 Å². The number of hydrogen-bond acceptors (Lipinski definition) is 5. The first kappa shape index (κ1) is 17.8. The molecule has 0 atom stereocenters. The molecule has 5 aromatic rings. The third kappa shape index (κ3) is 3.69. The zero-order valence-corrected chi connectivity index (χ0v) is 16.1. The first-order chi connectivity index (χ1) is 14.9. The van der Waals surface area contributed by atoms with Gasteiger partial charge >= 0.3 is 0 Å². The fourth-order valence-corrected chi connectivity index (χ4v) is 3.20. The lowest BCUT2D eigenvalue weighted by molar-refractivity contribution is 1.07. The maximum Gasteiger partial charge on any atom is 0.165 e. The molecule has 0 saturated carbocycles. The summed E-state index contributed by atoms with van der Waals surface area (Å²) in [5.74, 6) is 1.87. The average molecular weight is 387 g/mol. The zero-order chi connectivity index (χ0) is 20.2. The van der Waals surface area contributed by atoms with Gasteiger partial charge in [0.25, 0.3) is 0 Å². The SMILES string of the molecule is c1ccc(-c2nc(-c3ccc(-c4ccncc4)cc3)nc(-c3cccnc3)n2)cc1. The van der Waals surface area contributed by atoms with Crippen LogP contribution in [0.25, 0.3) is 45.3 Å². The van der Waals surface area contributed by atoms with Crippen LogP contribution in [-0.4, -0.2) is 24.9 Å². The minimum Gasteiger partial charge on any atom is -0.265 e. The normalized spacial score (nSPS) is 10.7. The van der Waals surface area contributed by atoms with Gasteiger partial charge in [-0.25, -0.2) is 15.0 Å². The predicted molar refractivity (Wildman–Crippen MR) is 117 cm³/mol. The van der Waals surface area contributed by atoms with Gasteiger partial charge in [0.1, 0.15) is 0 Å². The van der Waals surface area contributed by atoms with Gasteiger partial charge in [-0.1, -0.05) is 54.6 Å². The molecular weight excluding hydrogens is 370 g/mol. The first-order valence-electron chi connectivity index (χ1n) is 9.59. The molecule has 0 radical (unpaired) electrons. The molecule has 0 N–H and O–H groups in total. The molecule has 0 aliphatic rings. The number of rotatable bonds is 4. The Balaban J connectivity index is 1.60. The van der Waals surface area contributed by atoms with Crippen LogP contribution in [0.3, 0.4) is 0 Å². The Morgan fingerprint density at radius 1 is 0.367 bits per heavy atom. The molecule has 0 unspecified atom stereocenters. The summed E-state index contributed by atoms with van der Waals surface area (Å²) >= 11 is 0. The van der Waals surface area contributed by atoms with Crippen LogP contribution >= 0.6 is 0 Å². The van der Waals surface area contributed by atoms with E-state index < -0.39 is 0 Å². The van der Waals surface area contributed by atoms with E-state index in [2.05, 4.69) is 22.1 Å². The molecule has 142 valence electrons. The summed E-state index contributed by atoms with van der Waals surface area (Å²) in [5, 5.41) is 0. The van der Waals surface area contributed by atoms with Crippen molar-refractivity contribution in [3.8, 4) is 45.3 Å². The monoisotopic (exact) mass is 387 g/mol. The van der Waals surface area contributed by atoms with Crippen LogP contribution in [0.2, 0.25) is 0 Å². The Morgan fingerprint density at radius 3 is 1.53 bits per heavy atom.